The molecule has 0 fully saturated rings. The van der Waals surface area contributed by atoms with Gasteiger partial charge < -0.3 is 9.47 Å². The zero-order chi connectivity index (χ0) is 13.9. The second-order valence-corrected chi connectivity index (χ2v) is 5.96. The Balaban J connectivity index is 2.56. The Hall–Kier alpha value is -1.53. The molecule has 104 valence electrons. The molecule has 0 saturated carbocycles. The van der Waals surface area contributed by atoms with Gasteiger partial charge in [-0.1, -0.05) is 19.1 Å². The summed E-state index contributed by atoms with van der Waals surface area (Å²) in [5.74, 6) is 0.893. The van der Waals surface area contributed by atoms with E-state index in [0.717, 1.165) is 0 Å². The molecule has 5 nitrogen and oxygen atoms in total. The van der Waals surface area contributed by atoms with E-state index in [1.54, 1.807) is 18.2 Å². The number of ether oxygens (including phenoxy) is 2. The molecular weight excluding hydrogens is 266 g/mol. The van der Waals surface area contributed by atoms with Crippen LogP contribution in [0.4, 0.5) is 0 Å². The van der Waals surface area contributed by atoms with Crippen LogP contribution in [0.5, 0.6) is 11.5 Å². The van der Waals surface area contributed by atoms with Gasteiger partial charge in [0.25, 0.3) is 0 Å². The molecule has 0 radical (unpaired) electrons. The van der Waals surface area contributed by atoms with Gasteiger partial charge in [-0.15, -0.1) is 0 Å². The SMILES string of the molecule is CCN1CC=CCOc2cc(OC)ccc2S1(=O)=O. The lowest BCUT2D eigenvalue weighted by Gasteiger charge is -2.19. The number of likely N-dealkylation sites (N-methyl/N-ethyl adjacent to an activating group) is 1. The van der Waals surface area contributed by atoms with Crippen LogP contribution in [0.1, 0.15) is 6.92 Å². The number of methoxy groups -OCH3 is 1. The van der Waals surface area contributed by atoms with Crippen molar-refractivity contribution in [1.82, 2.24) is 4.31 Å². The van der Waals surface area contributed by atoms with Gasteiger partial charge in [0.1, 0.15) is 23.0 Å². The van der Waals surface area contributed by atoms with E-state index in [1.807, 2.05) is 13.0 Å². The molecule has 6 heteroatoms. The second kappa shape index (κ2) is 5.63. The first kappa shape index (κ1) is 13.9. The van der Waals surface area contributed by atoms with Crippen molar-refractivity contribution in [1.29, 1.82) is 0 Å². The van der Waals surface area contributed by atoms with Crippen LogP contribution in [-0.2, 0) is 10.0 Å². The lowest BCUT2D eigenvalue weighted by atomic mass is 10.3. The van der Waals surface area contributed by atoms with E-state index in [9.17, 15) is 8.42 Å². The maximum Gasteiger partial charge on any atom is 0.247 e. The van der Waals surface area contributed by atoms with Crippen molar-refractivity contribution in [3.05, 3.63) is 30.4 Å². The number of rotatable bonds is 2. The maximum atomic E-state index is 12.5. The van der Waals surface area contributed by atoms with E-state index >= 15 is 0 Å². The Morgan fingerprint density at radius 2 is 2.16 bits per heavy atom. The Morgan fingerprint density at radius 1 is 1.37 bits per heavy atom. The highest BCUT2D eigenvalue weighted by Gasteiger charge is 2.27. The summed E-state index contributed by atoms with van der Waals surface area (Å²) in [4.78, 5) is 0.179. The standard InChI is InChI=1S/C13H17NO4S/c1-3-14-8-4-5-9-18-12-10-11(17-2)6-7-13(12)19(14,15)16/h4-7,10H,3,8-9H2,1-2H3. The number of benzene rings is 1. The monoisotopic (exact) mass is 283 g/mol. The van der Waals surface area contributed by atoms with E-state index in [2.05, 4.69) is 0 Å². The molecule has 0 N–H and O–H groups in total. The van der Waals surface area contributed by atoms with Crippen molar-refractivity contribution >= 4 is 10.0 Å². The molecule has 1 aromatic rings. The van der Waals surface area contributed by atoms with Crippen molar-refractivity contribution in [2.24, 2.45) is 0 Å². The van der Waals surface area contributed by atoms with Gasteiger partial charge in [0, 0.05) is 19.2 Å². The predicted molar refractivity (Wildman–Crippen MR) is 72.1 cm³/mol. The minimum absolute atomic E-state index is 0.179. The number of hydrogen-bond acceptors (Lipinski definition) is 4. The molecule has 0 amide bonds. The summed E-state index contributed by atoms with van der Waals surface area (Å²) < 4.78 is 37.1. The summed E-state index contributed by atoms with van der Waals surface area (Å²) >= 11 is 0. The van der Waals surface area contributed by atoms with E-state index in [1.165, 1.54) is 17.5 Å². The van der Waals surface area contributed by atoms with Crippen LogP contribution in [0.15, 0.2) is 35.2 Å². The Morgan fingerprint density at radius 3 is 2.84 bits per heavy atom. The number of nitrogens with zero attached hydrogens (tertiary/aromatic N) is 1. The molecule has 19 heavy (non-hydrogen) atoms. The molecule has 1 aliphatic heterocycles. The summed E-state index contributed by atoms with van der Waals surface area (Å²) in [5.41, 5.74) is 0. The average molecular weight is 283 g/mol. The Bertz CT molecular complexity index is 580. The van der Waals surface area contributed by atoms with Crippen LogP contribution < -0.4 is 9.47 Å². The highest BCUT2D eigenvalue weighted by atomic mass is 32.2. The van der Waals surface area contributed by atoms with Gasteiger partial charge in [-0.3, -0.25) is 0 Å². The lowest BCUT2D eigenvalue weighted by Crippen LogP contribution is -2.31. The molecule has 0 unspecified atom stereocenters. The second-order valence-electron chi connectivity index (χ2n) is 4.05. The van der Waals surface area contributed by atoms with Crippen molar-refractivity contribution < 1.29 is 17.9 Å². The fourth-order valence-corrected chi connectivity index (χ4v) is 3.39. The summed E-state index contributed by atoms with van der Waals surface area (Å²) in [7, 11) is -2.01. The molecule has 1 heterocycles. The molecule has 0 bridgehead atoms. The highest BCUT2D eigenvalue weighted by Crippen LogP contribution is 2.31. The molecule has 0 spiro atoms. The summed E-state index contributed by atoms with van der Waals surface area (Å²) in [6.07, 6.45) is 3.61. The maximum absolute atomic E-state index is 12.5. The summed E-state index contributed by atoms with van der Waals surface area (Å²) in [5, 5.41) is 0. The fourth-order valence-electron chi connectivity index (χ4n) is 1.88. The van der Waals surface area contributed by atoms with Gasteiger partial charge in [0.2, 0.25) is 10.0 Å². The third-order valence-corrected chi connectivity index (χ3v) is 4.91. The van der Waals surface area contributed by atoms with Gasteiger partial charge in [0.15, 0.2) is 0 Å². The van der Waals surface area contributed by atoms with Gasteiger partial charge in [-0.05, 0) is 12.1 Å². The van der Waals surface area contributed by atoms with Gasteiger partial charge >= 0.3 is 0 Å². The quantitative estimate of drug-likeness (QED) is 0.775. The summed E-state index contributed by atoms with van der Waals surface area (Å²) in [6.45, 7) is 2.92. The topological polar surface area (TPSA) is 55.8 Å². The zero-order valence-corrected chi connectivity index (χ0v) is 11.8. The minimum Gasteiger partial charge on any atom is -0.497 e. The van der Waals surface area contributed by atoms with Crippen molar-refractivity contribution in [3.63, 3.8) is 0 Å². The van der Waals surface area contributed by atoms with E-state index < -0.39 is 10.0 Å². The third-order valence-electron chi connectivity index (χ3n) is 2.93. The first-order chi connectivity index (χ1) is 9.09. The number of hydrogen-bond donors (Lipinski definition) is 0. The normalized spacial score (nSPS) is 18.6. The fraction of sp³-hybridized carbons (Fsp3) is 0.385. The number of fused-ring (bicyclic) bond motifs is 1. The predicted octanol–water partition coefficient (Wildman–Crippen LogP) is 1.65. The van der Waals surface area contributed by atoms with Crippen LogP contribution in [-0.4, -0.2) is 39.5 Å². The van der Waals surface area contributed by atoms with E-state index in [0.29, 0.717) is 31.2 Å². The van der Waals surface area contributed by atoms with E-state index in [-0.39, 0.29) is 4.90 Å². The van der Waals surface area contributed by atoms with Crippen molar-refractivity contribution in [3.8, 4) is 11.5 Å². The molecule has 1 aromatic carbocycles. The minimum atomic E-state index is -3.54. The van der Waals surface area contributed by atoms with Crippen LogP contribution in [0, 0.1) is 0 Å². The molecule has 0 aliphatic carbocycles. The van der Waals surface area contributed by atoms with Gasteiger partial charge in [-0.2, -0.15) is 4.31 Å². The average Bonchev–Trinajstić information content (AvgIpc) is 2.46. The zero-order valence-electron chi connectivity index (χ0n) is 11.0. The van der Waals surface area contributed by atoms with E-state index in [4.69, 9.17) is 9.47 Å². The molecule has 0 aromatic heterocycles. The molecular formula is C13H17NO4S. The van der Waals surface area contributed by atoms with Crippen molar-refractivity contribution in [2.75, 3.05) is 26.8 Å². The van der Waals surface area contributed by atoms with Crippen LogP contribution in [0.3, 0.4) is 0 Å². The summed E-state index contributed by atoms with van der Waals surface area (Å²) in [6, 6.07) is 4.75. The van der Waals surface area contributed by atoms with Gasteiger partial charge in [0.05, 0.1) is 7.11 Å². The van der Waals surface area contributed by atoms with Gasteiger partial charge in [-0.25, -0.2) is 8.42 Å². The molecule has 0 atom stereocenters. The Kier molecular flexibility index (Phi) is 4.11. The lowest BCUT2D eigenvalue weighted by molar-refractivity contribution is 0.347. The van der Waals surface area contributed by atoms with Crippen molar-refractivity contribution in [2.45, 2.75) is 11.8 Å². The molecule has 1 aliphatic rings. The first-order valence-corrected chi connectivity index (χ1v) is 7.49. The highest BCUT2D eigenvalue weighted by molar-refractivity contribution is 7.89. The van der Waals surface area contributed by atoms with Crippen LogP contribution >= 0.6 is 0 Å². The number of sulfonamides is 1. The first-order valence-electron chi connectivity index (χ1n) is 6.05. The molecule has 0 saturated heterocycles. The van der Waals surface area contributed by atoms with Crippen LogP contribution in [0.2, 0.25) is 0 Å². The largest absolute Gasteiger partial charge is 0.497 e. The molecule has 2 rings (SSSR count). The Labute approximate surface area is 113 Å². The smallest absolute Gasteiger partial charge is 0.247 e. The third kappa shape index (κ3) is 2.74. The van der Waals surface area contributed by atoms with Crippen LogP contribution in [0.25, 0.3) is 0 Å².